The number of rotatable bonds is 5. The Kier molecular flexibility index (Phi) is 3.40. The van der Waals surface area contributed by atoms with Crippen LogP contribution in [-0.2, 0) is 6.42 Å². The largest absolute Gasteiger partial charge is 0.358 e. The first-order chi connectivity index (χ1) is 7.79. The Morgan fingerprint density at radius 2 is 2.44 bits per heavy atom. The van der Waals surface area contributed by atoms with Crippen LogP contribution in [0.25, 0.3) is 0 Å². The first-order valence-electron chi connectivity index (χ1n) is 5.12. The van der Waals surface area contributed by atoms with Crippen LogP contribution in [0.4, 0.5) is 11.9 Å². The van der Waals surface area contributed by atoms with Gasteiger partial charge in [-0.15, -0.1) is 5.10 Å². The molecule has 0 fully saturated rings. The zero-order valence-corrected chi connectivity index (χ0v) is 10.2. The van der Waals surface area contributed by atoms with E-state index in [9.17, 15) is 0 Å². The van der Waals surface area contributed by atoms with Gasteiger partial charge in [-0.05, 0) is 28.8 Å². The van der Waals surface area contributed by atoms with E-state index in [0.29, 0.717) is 5.95 Å². The van der Waals surface area contributed by atoms with Crippen molar-refractivity contribution in [3.05, 3.63) is 22.4 Å². The van der Waals surface area contributed by atoms with Crippen molar-refractivity contribution in [1.82, 2.24) is 15.2 Å². The fourth-order valence-electron chi connectivity index (χ4n) is 1.37. The molecule has 0 aliphatic rings. The van der Waals surface area contributed by atoms with Gasteiger partial charge in [0.15, 0.2) is 0 Å². The van der Waals surface area contributed by atoms with Gasteiger partial charge in [-0.3, -0.25) is 0 Å². The van der Waals surface area contributed by atoms with Crippen LogP contribution in [0.3, 0.4) is 0 Å². The van der Waals surface area contributed by atoms with Gasteiger partial charge in [0.1, 0.15) is 0 Å². The van der Waals surface area contributed by atoms with Gasteiger partial charge in [0, 0.05) is 20.6 Å². The highest BCUT2D eigenvalue weighted by atomic mass is 32.1. The maximum atomic E-state index is 4.28. The fourth-order valence-corrected chi connectivity index (χ4v) is 2.07. The van der Waals surface area contributed by atoms with Crippen molar-refractivity contribution in [2.24, 2.45) is 0 Å². The SMILES string of the molecule is CNc1nc(N(C)CCc2ccsc2)n[nH]1. The Morgan fingerprint density at radius 1 is 1.56 bits per heavy atom. The van der Waals surface area contributed by atoms with Crippen LogP contribution in [0.5, 0.6) is 0 Å². The van der Waals surface area contributed by atoms with Crippen LogP contribution >= 0.6 is 11.3 Å². The molecule has 2 aromatic heterocycles. The number of H-pyrrole nitrogens is 1. The summed E-state index contributed by atoms with van der Waals surface area (Å²) in [6, 6.07) is 2.15. The third-order valence-corrected chi connectivity index (χ3v) is 3.10. The predicted molar refractivity (Wildman–Crippen MR) is 67.2 cm³/mol. The Labute approximate surface area is 98.5 Å². The van der Waals surface area contributed by atoms with E-state index in [0.717, 1.165) is 18.9 Å². The first kappa shape index (κ1) is 10.9. The molecule has 0 unspecified atom stereocenters. The topological polar surface area (TPSA) is 56.8 Å². The van der Waals surface area contributed by atoms with E-state index in [1.165, 1.54) is 5.56 Å². The van der Waals surface area contributed by atoms with E-state index in [4.69, 9.17) is 0 Å². The third kappa shape index (κ3) is 2.52. The Hall–Kier alpha value is -1.56. The smallest absolute Gasteiger partial charge is 0.246 e. The third-order valence-electron chi connectivity index (χ3n) is 2.37. The van der Waals surface area contributed by atoms with E-state index in [-0.39, 0.29) is 0 Å². The van der Waals surface area contributed by atoms with E-state index in [1.807, 2.05) is 19.0 Å². The van der Waals surface area contributed by atoms with E-state index < -0.39 is 0 Å². The number of hydrogen-bond donors (Lipinski definition) is 2. The second kappa shape index (κ2) is 4.98. The number of likely N-dealkylation sites (N-methyl/N-ethyl adjacent to an activating group) is 1. The summed E-state index contributed by atoms with van der Waals surface area (Å²) in [6.45, 7) is 0.914. The van der Waals surface area contributed by atoms with Gasteiger partial charge in [0.25, 0.3) is 0 Å². The molecule has 16 heavy (non-hydrogen) atoms. The van der Waals surface area contributed by atoms with Crippen LogP contribution in [0.2, 0.25) is 0 Å². The monoisotopic (exact) mass is 237 g/mol. The fraction of sp³-hybridized carbons (Fsp3) is 0.400. The highest BCUT2D eigenvalue weighted by molar-refractivity contribution is 7.07. The molecule has 0 radical (unpaired) electrons. The van der Waals surface area contributed by atoms with E-state index >= 15 is 0 Å². The average molecular weight is 237 g/mol. The highest BCUT2D eigenvalue weighted by Gasteiger charge is 2.07. The lowest BCUT2D eigenvalue weighted by Crippen LogP contribution is -2.21. The van der Waals surface area contributed by atoms with Crippen molar-refractivity contribution in [3.63, 3.8) is 0 Å². The molecule has 0 saturated carbocycles. The zero-order chi connectivity index (χ0) is 11.4. The van der Waals surface area contributed by atoms with Crippen LogP contribution in [0.15, 0.2) is 16.8 Å². The van der Waals surface area contributed by atoms with Crippen LogP contribution in [-0.4, -0.2) is 35.8 Å². The molecule has 6 heteroatoms. The lowest BCUT2D eigenvalue weighted by molar-refractivity contribution is 0.843. The van der Waals surface area contributed by atoms with Gasteiger partial charge in [-0.2, -0.15) is 16.3 Å². The Morgan fingerprint density at radius 3 is 3.06 bits per heavy atom. The molecule has 0 aliphatic carbocycles. The Bertz CT molecular complexity index is 422. The number of nitrogens with zero attached hydrogens (tertiary/aromatic N) is 3. The Balaban J connectivity index is 1.90. The van der Waals surface area contributed by atoms with Gasteiger partial charge in [0.2, 0.25) is 11.9 Å². The minimum Gasteiger partial charge on any atom is -0.358 e. The summed E-state index contributed by atoms with van der Waals surface area (Å²) >= 11 is 1.73. The number of hydrogen-bond acceptors (Lipinski definition) is 5. The number of anilines is 2. The number of aromatic nitrogens is 3. The maximum Gasteiger partial charge on any atom is 0.246 e. The summed E-state index contributed by atoms with van der Waals surface area (Å²) in [7, 11) is 3.81. The molecule has 5 nitrogen and oxygen atoms in total. The number of thiophene rings is 1. The standard InChI is InChI=1S/C10H15N5S/c1-11-9-12-10(14-13-9)15(2)5-3-8-4-6-16-7-8/h4,6-7H,3,5H2,1-2H3,(H2,11,12,13,14). The summed E-state index contributed by atoms with van der Waals surface area (Å²) in [5, 5.41) is 14.1. The quantitative estimate of drug-likeness (QED) is 0.829. The second-order valence-corrected chi connectivity index (χ2v) is 4.32. The number of nitrogens with one attached hydrogen (secondary N) is 2. The molecule has 0 saturated heterocycles. The van der Waals surface area contributed by atoms with Crippen molar-refractivity contribution >= 4 is 23.2 Å². The van der Waals surface area contributed by atoms with Crippen molar-refractivity contribution < 1.29 is 0 Å². The van der Waals surface area contributed by atoms with Gasteiger partial charge < -0.3 is 10.2 Å². The number of aromatic amines is 1. The molecule has 2 heterocycles. The summed E-state index contributed by atoms with van der Waals surface area (Å²) in [4.78, 5) is 6.32. The van der Waals surface area contributed by atoms with Crippen molar-refractivity contribution in [1.29, 1.82) is 0 Å². The molecule has 0 spiro atoms. The average Bonchev–Trinajstić information content (AvgIpc) is 2.96. The molecule has 2 rings (SSSR count). The molecule has 0 bridgehead atoms. The summed E-state index contributed by atoms with van der Waals surface area (Å²) < 4.78 is 0. The van der Waals surface area contributed by atoms with Crippen LogP contribution in [0.1, 0.15) is 5.56 Å². The molecular weight excluding hydrogens is 222 g/mol. The highest BCUT2D eigenvalue weighted by Crippen LogP contribution is 2.10. The molecule has 2 aromatic rings. The lowest BCUT2D eigenvalue weighted by Gasteiger charge is -2.13. The summed E-state index contributed by atoms with van der Waals surface area (Å²) in [5.74, 6) is 1.41. The summed E-state index contributed by atoms with van der Waals surface area (Å²) in [6.07, 6.45) is 1.02. The normalized spacial score (nSPS) is 10.4. The van der Waals surface area contributed by atoms with Crippen molar-refractivity contribution in [2.75, 3.05) is 30.9 Å². The van der Waals surface area contributed by atoms with Crippen LogP contribution in [0, 0.1) is 0 Å². The maximum absolute atomic E-state index is 4.28. The zero-order valence-electron chi connectivity index (χ0n) is 9.40. The molecular formula is C10H15N5S. The van der Waals surface area contributed by atoms with Gasteiger partial charge in [-0.25, -0.2) is 5.10 Å². The lowest BCUT2D eigenvalue weighted by atomic mass is 10.2. The molecule has 2 N–H and O–H groups in total. The predicted octanol–water partition coefficient (Wildman–Crippen LogP) is 1.59. The molecule has 0 atom stereocenters. The summed E-state index contributed by atoms with van der Waals surface area (Å²) in [5.41, 5.74) is 1.36. The van der Waals surface area contributed by atoms with Gasteiger partial charge in [-0.1, -0.05) is 0 Å². The van der Waals surface area contributed by atoms with Crippen molar-refractivity contribution in [3.8, 4) is 0 Å². The van der Waals surface area contributed by atoms with Crippen LogP contribution < -0.4 is 10.2 Å². The van der Waals surface area contributed by atoms with Gasteiger partial charge >= 0.3 is 0 Å². The first-order valence-corrected chi connectivity index (χ1v) is 6.06. The molecule has 0 aliphatic heterocycles. The van der Waals surface area contributed by atoms with Gasteiger partial charge in [0.05, 0.1) is 0 Å². The van der Waals surface area contributed by atoms with Crippen molar-refractivity contribution in [2.45, 2.75) is 6.42 Å². The molecule has 0 amide bonds. The second-order valence-electron chi connectivity index (χ2n) is 3.54. The van der Waals surface area contributed by atoms with E-state index in [1.54, 1.807) is 11.3 Å². The molecule has 86 valence electrons. The minimum absolute atomic E-state index is 0.692. The van der Waals surface area contributed by atoms with E-state index in [2.05, 4.69) is 37.3 Å². The minimum atomic E-state index is 0.692. The molecule has 0 aromatic carbocycles.